The number of anilines is 1. The first-order chi connectivity index (χ1) is 10.5. The van der Waals surface area contributed by atoms with Crippen LogP contribution in [0.25, 0.3) is 0 Å². The minimum absolute atomic E-state index is 0.0656. The maximum Gasteiger partial charge on any atom is 0.238 e. The molecular formula is C18H21FN2O. The minimum Gasteiger partial charge on any atom is -0.325 e. The molecule has 0 spiro atoms. The molecule has 2 aromatic carbocycles. The summed E-state index contributed by atoms with van der Waals surface area (Å²) in [6.45, 7) is 4.94. The fraction of sp³-hybridized carbons (Fsp3) is 0.278. The van der Waals surface area contributed by atoms with Gasteiger partial charge in [0.2, 0.25) is 5.91 Å². The second-order valence-electron chi connectivity index (χ2n) is 5.48. The summed E-state index contributed by atoms with van der Waals surface area (Å²) in [6, 6.07) is 12.4. The lowest BCUT2D eigenvalue weighted by molar-refractivity contribution is -0.115. The third kappa shape index (κ3) is 5.30. The topological polar surface area (TPSA) is 41.1 Å². The normalized spacial score (nSPS) is 10.5. The van der Waals surface area contributed by atoms with E-state index in [4.69, 9.17) is 0 Å². The van der Waals surface area contributed by atoms with E-state index in [2.05, 4.69) is 16.7 Å². The van der Waals surface area contributed by atoms with Crippen LogP contribution in [0.4, 0.5) is 10.1 Å². The molecule has 0 fully saturated rings. The molecule has 0 aliphatic rings. The van der Waals surface area contributed by atoms with Gasteiger partial charge >= 0.3 is 0 Å². The first-order valence-electron chi connectivity index (χ1n) is 7.36. The summed E-state index contributed by atoms with van der Waals surface area (Å²) >= 11 is 0. The third-order valence-electron chi connectivity index (χ3n) is 3.29. The Morgan fingerprint density at radius 1 is 1.05 bits per heavy atom. The first-order valence-corrected chi connectivity index (χ1v) is 7.36. The molecule has 1 amide bonds. The molecule has 3 nitrogen and oxygen atoms in total. The summed E-state index contributed by atoms with van der Waals surface area (Å²) in [7, 11) is 0. The summed E-state index contributed by atoms with van der Waals surface area (Å²) in [5.41, 5.74) is 4.12. The van der Waals surface area contributed by atoms with Gasteiger partial charge in [-0.3, -0.25) is 4.79 Å². The predicted octanol–water partition coefficient (Wildman–Crippen LogP) is 3.21. The van der Waals surface area contributed by atoms with E-state index < -0.39 is 0 Å². The van der Waals surface area contributed by atoms with Crippen molar-refractivity contribution in [2.75, 3.05) is 18.4 Å². The molecule has 0 saturated carbocycles. The highest BCUT2D eigenvalue weighted by atomic mass is 19.1. The Labute approximate surface area is 130 Å². The molecule has 2 rings (SSSR count). The summed E-state index contributed by atoms with van der Waals surface area (Å²) in [4.78, 5) is 11.9. The zero-order chi connectivity index (χ0) is 15.9. The highest BCUT2D eigenvalue weighted by Crippen LogP contribution is 2.13. The van der Waals surface area contributed by atoms with Crippen LogP contribution in [0.3, 0.4) is 0 Å². The van der Waals surface area contributed by atoms with Crippen LogP contribution < -0.4 is 10.6 Å². The lowest BCUT2D eigenvalue weighted by Crippen LogP contribution is -2.29. The number of hydrogen-bond acceptors (Lipinski definition) is 2. The van der Waals surface area contributed by atoms with Crippen molar-refractivity contribution in [2.45, 2.75) is 20.3 Å². The van der Waals surface area contributed by atoms with E-state index in [-0.39, 0.29) is 18.3 Å². The molecular weight excluding hydrogens is 279 g/mol. The van der Waals surface area contributed by atoms with Crippen LogP contribution in [0.5, 0.6) is 0 Å². The van der Waals surface area contributed by atoms with Crippen LogP contribution in [-0.4, -0.2) is 19.0 Å². The summed E-state index contributed by atoms with van der Waals surface area (Å²) in [6.07, 6.45) is 0.761. The van der Waals surface area contributed by atoms with Gasteiger partial charge in [0.05, 0.1) is 6.54 Å². The summed E-state index contributed by atoms with van der Waals surface area (Å²) < 4.78 is 12.8. The average Bonchev–Trinajstić information content (AvgIpc) is 2.44. The molecule has 0 radical (unpaired) electrons. The first kappa shape index (κ1) is 16.2. The van der Waals surface area contributed by atoms with Crippen molar-refractivity contribution in [1.29, 1.82) is 0 Å². The Hall–Kier alpha value is -2.20. The van der Waals surface area contributed by atoms with Crippen molar-refractivity contribution < 1.29 is 9.18 Å². The lowest BCUT2D eigenvalue weighted by Gasteiger charge is -2.08. The molecule has 116 valence electrons. The van der Waals surface area contributed by atoms with Crippen molar-refractivity contribution in [3.8, 4) is 0 Å². The molecule has 22 heavy (non-hydrogen) atoms. The number of benzene rings is 2. The van der Waals surface area contributed by atoms with Gasteiger partial charge in [0.1, 0.15) is 5.82 Å². The van der Waals surface area contributed by atoms with Gasteiger partial charge in [-0.2, -0.15) is 0 Å². The van der Waals surface area contributed by atoms with E-state index in [1.54, 1.807) is 12.1 Å². The van der Waals surface area contributed by atoms with Crippen LogP contribution in [0.15, 0.2) is 42.5 Å². The molecule has 0 heterocycles. The van der Waals surface area contributed by atoms with Gasteiger partial charge in [-0.15, -0.1) is 0 Å². The third-order valence-corrected chi connectivity index (χ3v) is 3.29. The van der Waals surface area contributed by atoms with E-state index in [0.29, 0.717) is 6.54 Å². The molecule has 0 unspecified atom stereocenters. The molecule has 0 aromatic heterocycles. The van der Waals surface area contributed by atoms with Crippen molar-refractivity contribution in [3.63, 3.8) is 0 Å². The molecule has 0 saturated heterocycles. The molecule has 0 bridgehead atoms. The Bertz CT molecular complexity index is 618. The Balaban J connectivity index is 1.72. The number of carbonyl (C=O) groups excluding carboxylic acids is 1. The second-order valence-corrected chi connectivity index (χ2v) is 5.48. The molecule has 2 aromatic rings. The second kappa shape index (κ2) is 7.71. The SMILES string of the molecule is Cc1cc(C)cc(NC(=O)CNCCc2ccc(F)cc2)c1. The van der Waals surface area contributed by atoms with E-state index in [1.165, 1.54) is 12.1 Å². The van der Waals surface area contributed by atoms with E-state index in [1.807, 2.05) is 26.0 Å². The van der Waals surface area contributed by atoms with Gasteiger partial charge in [-0.1, -0.05) is 18.2 Å². The maximum atomic E-state index is 12.8. The Morgan fingerprint density at radius 3 is 2.32 bits per heavy atom. The van der Waals surface area contributed by atoms with E-state index >= 15 is 0 Å². The number of aryl methyl sites for hydroxylation is 2. The summed E-state index contributed by atoms with van der Waals surface area (Å²) in [5.74, 6) is -0.298. The maximum absolute atomic E-state index is 12.8. The predicted molar refractivity (Wildman–Crippen MR) is 87.5 cm³/mol. The van der Waals surface area contributed by atoms with Crippen molar-refractivity contribution in [1.82, 2.24) is 5.32 Å². The van der Waals surface area contributed by atoms with Crippen molar-refractivity contribution in [3.05, 3.63) is 65.0 Å². The Kier molecular flexibility index (Phi) is 5.67. The number of nitrogens with one attached hydrogen (secondary N) is 2. The van der Waals surface area contributed by atoms with Gasteiger partial charge in [0, 0.05) is 5.69 Å². The number of halogens is 1. The fourth-order valence-corrected chi connectivity index (χ4v) is 2.34. The molecule has 4 heteroatoms. The monoisotopic (exact) mass is 300 g/mol. The molecule has 2 N–H and O–H groups in total. The van der Waals surface area contributed by atoms with Crippen LogP contribution >= 0.6 is 0 Å². The highest BCUT2D eigenvalue weighted by Gasteiger charge is 2.03. The van der Waals surface area contributed by atoms with Crippen molar-refractivity contribution in [2.24, 2.45) is 0 Å². The van der Waals surface area contributed by atoms with Gasteiger partial charge in [-0.25, -0.2) is 4.39 Å². The zero-order valence-electron chi connectivity index (χ0n) is 12.9. The van der Waals surface area contributed by atoms with E-state index in [9.17, 15) is 9.18 Å². The van der Waals surface area contributed by atoms with Crippen LogP contribution in [0.1, 0.15) is 16.7 Å². The number of carbonyl (C=O) groups is 1. The standard InChI is InChI=1S/C18H21FN2O/c1-13-9-14(2)11-17(10-13)21-18(22)12-20-8-7-15-3-5-16(19)6-4-15/h3-6,9-11,20H,7-8,12H2,1-2H3,(H,21,22). The van der Waals surface area contributed by atoms with Crippen LogP contribution in [0, 0.1) is 19.7 Å². The van der Waals surface area contributed by atoms with Gasteiger partial charge < -0.3 is 10.6 Å². The smallest absolute Gasteiger partial charge is 0.238 e. The summed E-state index contributed by atoms with van der Waals surface area (Å²) in [5, 5.41) is 5.97. The zero-order valence-corrected chi connectivity index (χ0v) is 12.9. The van der Waals surface area contributed by atoms with Crippen LogP contribution in [-0.2, 0) is 11.2 Å². The van der Waals surface area contributed by atoms with Crippen molar-refractivity contribution >= 4 is 11.6 Å². The average molecular weight is 300 g/mol. The lowest BCUT2D eigenvalue weighted by atomic mass is 10.1. The number of amides is 1. The quantitative estimate of drug-likeness (QED) is 0.804. The fourth-order valence-electron chi connectivity index (χ4n) is 2.34. The number of hydrogen-bond donors (Lipinski definition) is 2. The van der Waals surface area contributed by atoms with Crippen LogP contribution in [0.2, 0.25) is 0 Å². The Morgan fingerprint density at radius 2 is 1.68 bits per heavy atom. The van der Waals surface area contributed by atoms with Gasteiger partial charge in [-0.05, 0) is 67.8 Å². The van der Waals surface area contributed by atoms with Gasteiger partial charge in [0.15, 0.2) is 0 Å². The van der Waals surface area contributed by atoms with Gasteiger partial charge in [0.25, 0.3) is 0 Å². The minimum atomic E-state index is -0.232. The number of rotatable bonds is 6. The molecule has 0 aliphatic heterocycles. The van der Waals surface area contributed by atoms with E-state index in [0.717, 1.165) is 28.8 Å². The largest absolute Gasteiger partial charge is 0.325 e. The highest BCUT2D eigenvalue weighted by molar-refractivity contribution is 5.92. The molecule has 0 atom stereocenters. The molecule has 0 aliphatic carbocycles.